The SMILES string of the molecule is CCCNCc1ccc(C)c(-c2nccnc2OC)c1. The second-order valence-corrected chi connectivity index (χ2v) is 4.74. The fourth-order valence-corrected chi connectivity index (χ4v) is 2.10. The highest BCUT2D eigenvalue weighted by Crippen LogP contribution is 2.28. The summed E-state index contributed by atoms with van der Waals surface area (Å²) in [5.74, 6) is 0.564. The third-order valence-electron chi connectivity index (χ3n) is 3.17. The van der Waals surface area contributed by atoms with E-state index in [2.05, 4.69) is 47.3 Å². The second kappa shape index (κ2) is 7.01. The summed E-state index contributed by atoms with van der Waals surface area (Å²) in [6.45, 7) is 6.13. The summed E-state index contributed by atoms with van der Waals surface area (Å²) in [7, 11) is 1.62. The van der Waals surface area contributed by atoms with E-state index in [4.69, 9.17) is 4.74 Å². The van der Waals surface area contributed by atoms with E-state index >= 15 is 0 Å². The van der Waals surface area contributed by atoms with Crippen molar-refractivity contribution < 1.29 is 4.74 Å². The third kappa shape index (κ3) is 3.33. The largest absolute Gasteiger partial charge is 0.479 e. The summed E-state index contributed by atoms with van der Waals surface area (Å²) in [6.07, 6.45) is 4.47. The van der Waals surface area contributed by atoms with Crippen molar-refractivity contribution in [1.82, 2.24) is 15.3 Å². The minimum atomic E-state index is 0.564. The van der Waals surface area contributed by atoms with Gasteiger partial charge in [0.05, 0.1) is 7.11 Å². The number of nitrogens with one attached hydrogen (secondary N) is 1. The summed E-state index contributed by atoms with van der Waals surface area (Å²) in [6, 6.07) is 6.42. The number of methoxy groups -OCH3 is 1. The second-order valence-electron chi connectivity index (χ2n) is 4.74. The van der Waals surface area contributed by atoms with Crippen LogP contribution in [0, 0.1) is 6.92 Å². The number of ether oxygens (including phenoxy) is 1. The first kappa shape index (κ1) is 14.5. The number of aryl methyl sites for hydroxylation is 1. The van der Waals surface area contributed by atoms with Crippen LogP contribution in [0.5, 0.6) is 5.88 Å². The molecule has 0 fully saturated rings. The Morgan fingerprint density at radius 2 is 2.00 bits per heavy atom. The summed E-state index contributed by atoms with van der Waals surface area (Å²) < 4.78 is 5.30. The Hall–Kier alpha value is -1.94. The lowest BCUT2D eigenvalue weighted by Gasteiger charge is -2.11. The van der Waals surface area contributed by atoms with E-state index in [-0.39, 0.29) is 0 Å². The van der Waals surface area contributed by atoms with E-state index in [1.807, 2.05) is 0 Å². The molecule has 106 valence electrons. The molecule has 0 radical (unpaired) electrons. The van der Waals surface area contributed by atoms with Gasteiger partial charge < -0.3 is 10.1 Å². The number of benzene rings is 1. The normalized spacial score (nSPS) is 10.6. The molecule has 4 nitrogen and oxygen atoms in total. The first-order valence-electron chi connectivity index (χ1n) is 6.92. The average Bonchev–Trinajstić information content (AvgIpc) is 2.49. The van der Waals surface area contributed by atoms with Crippen molar-refractivity contribution in [3.63, 3.8) is 0 Å². The van der Waals surface area contributed by atoms with Crippen molar-refractivity contribution in [2.24, 2.45) is 0 Å². The molecular weight excluding hydrogens is 250 g/mol. The first-order valence-corrected chi connectivity index (χ1v) is 6.92. The highest BCUT2D eigenvalue weighted by atomic mass is 16.5. The summed E-state index contributed by atoms with van der Waals surface area (Å²) >= 11 is 0. The molecule has 4 heteroatoms. The number of nitrogens with zero attached hydrogens (tertiary/aromatic N) is 2. The van der Waals surface area contributed by atoms with E-state index in [9.17, 15) is 0 Å². The van der Waals surface area contributed by atoms with E-state index in [0.717, 1.165) is 30.8 Å². The van der Waals surface area contributed by atoms with Crippen LogP contribution in [-0.2, 0) is 6.54 Å². The smallest absolute Gasteiger partial charge is 0.240 e. The number of hydrogen-bond donors (Lipinski definition) is 1. The Morgan fingerprint density at radius 1 is 1.20 bits per heavy atom. The Labute approximate surface area is 120 Å². The fourth-order valence-electron chi connectivity index (χ4n) is 2.10. The molecule has 0 aliphatic carbocycles. The van der Waals surface area contributed by atoms with Gasteiger partial charge in [-0.15, -0.1) is 0 Å². The maximum Gasteiger partial charge on any atom is 0.240 e. The highest BCUT2D eigenvalue weighted by Gasteiger charge is 2.11. The van der Waals surface area contributed by atoms with E-state index in [0.29, 0.717) is 5.88 Å². The quantitative estimate of drug-likeness (QED) is 0.821. The highest BCUT2D eigenvalue weighted by molar-refractivity contribution is 5.68. The molecule has 1 aromatic heterocycles. The van der Waals surface area contributed by atoms with Gasteiger partial charge in [0.1, 0.15) is 5.69 Å². The molecular formula is C16H21N3O. The van der Waals surface area contributed by atoms with Crippen LogP contribution >= 0.6 is 0 Å². The lowest BCUT2D eigenvalue weighted by atomic mass is 10.0. The molecule has 0 aliphatic rings. The summed E-state index contributed by atoms with van der Waals surface area (Å²) in [5.41, 5.74) is 4.28. The van der Waals surface area contributed by atoms with Gasteiger partial charge in [-0.05, 0) is 37.1 Å². The molecule has 20 heavy (non-hydrogen) atoms. The van der Waals surface area contributed by atoms with Gasteiger partial charge in [-0.2, -0.15) is 0 Å². The molecule has 2 aromatic rings. The van der Waals surface area contributed by atoms with E-state index in [1.54, 1.807) is 19.5 Å². The van der Waals surface area contributed by atoms with Gasteiger partial charge >= 0.3 is 0 Å². The van der Waals surface area contributed by atoms with Gasteiger partial charge in [-0.3, -0.25) is 0 Å². The zero-order valence-electron chi connectivity index (χ0n) is 12.3. The van der Waals surface area contributed by atoms with Crippen LogP contribution in [0.1, 0.15) is 24.5 Å². The average molecular weight is 271 g/mol. The van der Waals surface area contributed by atoms with Crippen LogP contribution < -0.4 is 10.1 Å². The van der Waals surface area contributed by atoms with Gasteiger partial charge in [0.25, 0.3) is 0 Å². The number of hydrogen-bond acceptors (Lipinski definition) is 4. The predicted octanol–water partition coefficient (Wildman–Crippen LogP) is 2.96. The molecule has 0 spiro atoms. The number of rotatable bonds is 6. The zero-order chi connectivity index (χ0) is 14.4. The molecule has 0 aliphatic heterocycles. The molecule has 0 bridgehead atoms. The van der Waals surface area contributed by atoms with Crippen LogP contribution in [0.3, 0.4) is 0 Å². The van der Waals surface area contributed by atoms with Gasteiger partial charge in [0.2, 0.25) is 5.88 Å². The molecule has 0 atom stereocenters. The summed E-state index contributed by atoms with van der Waals surface area (Å²) in [5, 5.41) is 3.41. The minimum absolute atomic E-state index is 0.564. The van der Waals surface area contributed by atoms with Crippen molar-refractivity contribution >= 4 is 0 Å². The van der Waals surface area contributed by atoms with Crippen molar-refractivity contribution in [1.29, 1.82) is 0 Å². The van der Waals surface area contributed by atoms with E-state index < -0.39 is 0 Å². The molecule has 1 heterocycles. The van der Waals surface area contributed by atoms with Crippen LogP contribution in [0.2, 0.25) is 0 Å². The van der Waals surface area contributed by atoms with Crippen LogP contribution in [0.15, 0.2) is 30.6 Å². The lowest BCUT2D eigenvalue weighted by Crippen LogP contribution is -2.13. The molecule has 2 rings (SSSR count). The first-order chi connectivity index (χ1) is 9.76. The number of aromatic nitrogens is 2. The molecule has 0 saturated carbocycles. The fraction of sp³-hybridized carbons (Fsp3) is 0.375. The van der Waals surface area contributed by atoms with Gasteiger partial charge in [0, 0.05) is 24.5 Å². The molecule has 0 saturated heterocycles. The molecule has 1 aromatic carbocycles. The Kier molecular flexibility index (Phi) is 5.07. The molecule has 0 amide bonds. The third-order valence-corrected chi connectivity index (χ3v) is 3.17. The minimum Gasteiger partial charge on any atom is -0.479 e. The molecule has 0 unspecified atom stereocenters. The maximum atomic E-state index is 5.30. The zero-order valence-corrected chi connectivity index (χ0v) is 12.3. The van der Waals surface area contributed by atoms with Crippen LogP contribution in [0.4, 0.5) is 0 Å². The molecule has 1 N–H and O–H groups in total. The van der Waals surface area contributed by atoms with Crippen molar-refractivity contribution in [3.05, 3.63) is 41.7 Å². The Morgan fingerprint density at radius 3 is 2.75 bits per heavy atom. The van der Waals surface area contributed by atoms with Crippen molar-refractivity contribution in [2.75, 3.05) is 13.7 Å². The van der Waals surface area contributed by atoms with Gasteiger partial charge in [-0.1, -0.05) is 19.1 Å². The monoisotopic (exact) mass is 271 g/mol. The standard InChI is InChI=1S/C16H21N3O/c1-4-7-17-11-13-6-5-12(2)14(10-13)15-16(20-3)19-9-8-18-15/h5-6,8-10,17H,4,7,11H2,1-3H3. The summed E-state index contributed by atoms with van der Waals surface area (Å²) in [4.78, 5) is 8.63. The Bertz CT molecular complexity index is 569. The van der Waals surface area contributed by atoms with Crippen LogP contribution in [-0.4, -0.2) is 23.6 Å². The lowest BCUT2D eigenvalue weighted by molar-refractivity contribution is 0.397. The van der Waals surface area contributed by atoms with Crippen LogP contribution in [0.25, 0.3) is 11.3 Å². The van der Waals surface area contributed by atoms with Gasteiger partial charge in [-0.25, -0.2) is 9.97 Å². The predicted molar refractivity (Wildman–Crippen MR) is 80.8 cm³/mol. The van der Waals surface area contributed by atoms with Crippen molar-refractivity contribution in [2.45, 2.75) is 26.8 Å². The maximum absolute atomic E-state index is 5.30. The van der Waals surface area contributed by atoms with E-state index in [1.165, 1.54) is 11.1 Å². The Balaban J connectivity index is 2.32. The topological polar surface area (TPSA) is 47.0 Å². The van der Waals surface area contributed by atoms with Crippen molar-refractivity contribution in [3.8, 4) is 17.1 Å². The van der Waals surface area contributed by atoms with Gasteiger partial charge in [0.15, 0.2) is 0 Å².